The van der Waals surface area contributed by atoms with Crippen LogP contribution in [0.3, 0.4) is 0 Å². The number of piperazine rings is 1. The summed E-state index contributed by atoms with van der Waals surface area (Å²) in [7, 11) is 0. The lowest BCUT2D eigenvalue weighted by molar-refractivity contribution is -0.130. The summed E-state index contributed by atoms with van der Waals surface area (Å²) in [6, 6.07) is -0.775. The molecule has 1 atom stereocenters. The molecule has 2 saturated heterocycles. The van der Waals surface area contributed by atoms with Crippen LogP contribution in [0.15, 0.2) is 0 Å². The van der Waals surface area contributed by atoms with Gasteiger partial charge < -0.3 is 16.4 Å². The van der Waals surface area contributed by atoms with E-state index in [9.17, 15) is 14.4 Å². The fourth-order valence-electron chi connectivity index (χ4n) is 2.54. The lowest BCUT2D eigenvalue weighted by Crippen LogP contribution is -2.58. The fraction of sp³-hybridized carbons (Fsp3) is 0.750. The number of urea groups is 1. The van der Waals surface area contributed by atoms with Crippen molar-refractivity contribution in [2.45, 2.75) is 25.4 Å². The summed E-state index contributed by atoms with van der Waals surface area (Å²) in [4.78, 5) is 38.3. The normalized spacial score (nSPS) is 26.7. The maximum absolute atomic E-state index is 12.0. The molecular formula is C12H21N5O3. The number of amides is 4. The van der Waals surface area contributed by atoms with Gasteiger partial charge in [0.2, 0.25) is 5.91 Å². The smallest absolute Gasteiger partial charge is 0.325 e. The van der Waals surface area contributed by atoms with Gasteiger partial charge >= 0.3 is 6.03 Å². The van der Waals surface area contributed by atoms with Gasteiger partial charge in [0.25, 0.3) is 5.91 Å². The van der Waals surface area contributed by atoms with Gasteiger partial charge in [0, 0.05) is 32.7 Å². The molecule has 112 valence electrons. The van der Waals surface area contributed by atoms with Crippen LogP contribution in [-0.4, -0.2) is 71.9 Å². The van der Waals surface area contributed by atoms with Crippen molar-refractivity contribution in [2.24, 2.45) is 5.73 Å². The van der Waals surface area contributed by atoms with Crippen LogP contribution in [0.25, 0.3) is 0 Å². The number of imide groups is 1. The average molecular weight is 283 g/mol. The molecule has 0 saturated carbocycles. The third kappa shape index (κ3) is 2.75. The van der Waals surface area contributed by atoms with Crippen LogP contribution in [0.4, 0.5) is 4.79 Å². The van der Waals surface area contributed by atoms with Crippen molar-refractivity contribution >= 4 is 17.8 Å². The van der Waals surface area contributed by atoms with Crippen molar-refractivity contribution in [2.75, 3.05) is 32.7 Å². The number of primary amides is 1. The molecule has 0 radical (unpaired) electrons. The van der Waals surface area contributed by atoms with E-state index in [0.29, 0.717) is 19.6 Å². The summed E-state index contributed by atoms with van der Waals surface area (Å²) < 4.78 is 0. The molecule has 0 aliphatic carbocycles. The van der Waals surface area contributed by atoms with E-state index >= 15 is 0 Å². The van der Waals surface area contributed by atoms with Crippen LogP contribution in [0.5, 0.6) is 0 Å². The van der Waals surface area contributed by atoms with Crippen molar-refractivity contribution in [3.05, 3.63) is 0 Å². The SMILES string of the molecule is CC1(C)NC(=O)N(CCN2CCNCC2C(N)=O)C1=O. The Morgan fingerprint density at radius 2 is 2.10 bits per heavy atom. The minimum atomic E-state index is -0.858. The van der Waals surface area contributed by atoms with Gasteiger partial charge in [-0.2, -0.15) is 0 Å². The van der Waals surface area contributed by atoms with Gasteiger partial charge in [-0.25, -0.2) is 4.79 Å². The minimum Gasteiger partial charge on any atom is -0.368 e. The van der Waals surface area contributed by atoms with Gasteiger partial charge in [0.1, 0.15) is 11.6 Å². The predicted molar refractivity (Wildman–Crippen MR) is 71.7 cm³/mol. The lowest BCUT2D eigenvalue weighted by atomic mass is 10.1. The molecule has 2 fully saturated rings. The van der Waals surface area contributed by atoms with Crippen LogP contribution < -0.4 is 16.4 Å². The van der Waals surface area contributed by atoms with Crippen molar-refractivity contribution in [1.29, 1.82) is 0 Å². The van der Waals surface area contributed by atoms with Crippen molar-refractivity contribution in [3.63, 3.8) is 0 Å². The number of hydrogen-bond donors (Lipinski definition) is 3. The molecule has 0 aromatic carbocycles. The Hall–Kier alpha value is -1.67. The molecule has 4 amide bonds. The molecule has 0 spiro atoms. The van der Waals surface area contributed by atoms with E-state index in [-0.39, 0.29) is 18.5 Å². The molecule has 2 rings (SSSR count). The second-order valence-electron chi connectivity index (χ2n) is 5.67. The fourth-order valence-corrected chi connectivity index (χ4v) is 2.54. The van der Waals surface area contributed by atoms with Crippen LogP contribution in [-0.2, 0) is 9.59 Å². The van der Waals surface area contributed by atoms with Crippen molar-refractivity contribution in [1.82, 2.24) is 20.4 Å². The Morgan fingerprint density at radius 3 is 2.65 bits per heavy atom. The van der Waals surface area contributed by atoms with Gasteiger partial charge in [-0.05, 0) is 13.8 Å². The number of nitrogens with two attached hydrogens (primary N) is 1. The van der Waals surface area contributed by atoms with Gasteiger partial charge in [0.15, 0.2) is 0 Å². The molecule has 1 unspecified atom stereocenters. The number of nitrogens with one attached hydrogen (secondary N) is 2. The van der Waals surface area contributed by atoms with Crippen LogP contribution >= 0.6 is 0 Å². The predicted octanol–water partition coefficient (Wildman–Crippen LogP) is -1.92. The minimum absolute atomic E-state index is 0.242. The average Bonchev–Trinajstić information content (AvgIpc) is 2.57. The number of carbonyl (C=O) groups excluding carboxylic acids is 3. The topological polar surface area (TPSA) is 108 Å². The summed E-state index contributed by atoms with van der Waals surface area (Å²) >= 11 is 0. The quantitative estimate of drug-likeness (QED) is 0.521. The standard InChI is InChI=1S/C12H21N5O3/c1-12(2)10(19)17(11(20)15-12)6-5-16-4-3-14-7-8(16)9(13)18/h8,14H,3-7H2,1-2H3,(H2,13,18)(H,15,20). The molecule has 0 aromatic heterocycles. The van der Waals surface area contributed by atoms with E-state index in [4.69, 9.17) is 5.73 Å². The summed E-state index contributed by atoms with van der Waals surface area (Å²) in [6.45, 7) is 5.98. The van der Waals surface area contributed by atoms with Crippen molar-refractivity contribution < 1.29 is 14.4 Å². The maximum atomic E-state index is 12.0. The largest absolute Gasteiger partial charge is 0.368 e. The molecule has 2 aliphatic rings. The Kier molecular flexibility index (Phi) is 3.96. The lowest BCUT2D eigenvalue weighted by Gasteiger charge is -2.34. The van der Waals surface area contributed by atoms with E-state index in [0.717, 1.165) is 6.54 Å². The summed E-state index contributed by atoms with van der Waals surface area (Å²) in [5, 5.41) is 5.73. The highest BCUT2D eigenvalue weighted by Gasteiger charge is 2.44. The van der Waals surface area contributed by atoms with E-state index in [1.54, 1.807) is 13.8 Å². The van der Waals surface area contributed by atoms with E-state index < -0.39 is 17.5 Å². The molecular weight excluding hydrogens is 262 g/mol. The first-order chi connectivity index (χ1) is 9.33. The second kappa shape index (κ2) is 5.37. The number of nitrogens with zero attached hydrogens (tertiary/aromatic N) is 2. The van der Waals surface area contributed by atoms with Gasteiger partial charge in [-0.3, -0.25) is 19.4 Å². The first-order valence-corrected chi connectivity index (χ1v) is 6.71. The first-order valence-electron chi connectivity index (χ1n) is 6.71. The first kappa shape index (κ1) is 14.7. The van der Waals surface area contributed by atoms with Crippen molar-refractivity contribution in [3.8, 4) is 0 Å². The highest BCUT2D eigenvalue weighted by Crippen LogP contribution is 2.16. The second-order valence-corrected chi connectivity index (χ2v) is 5.67. The summed E-state index contributed by atoms with van der Waals surface area (Å²) in [5.41, 5.74) is 4.50. The zero-order valence-corrected chi connectivity index (χ0v) is 11.8. The maximum Gasteiger partial charge on any atom is 0.325 e. The monoisotopic (exact) mass is 283 g/mol. The summed E-state index contributed by atoms with van der Waals surface area (Å²) in [5.74, 6) is -0.636. The summed E-state index contributed by atoms with van der Waals surface area (Å²) in [6.07, 6.45) is 0. The molecule has 8 nitrogen and oxygen atoms in total. The Morgan fingerprint density at radius 1 is 1.40 bits per heavy atom. The molecule has 8 heteroatoms. The van der Waals surface area contributed by atoms with Crippen LogP contribution in [0.2, 0.25) is 0 Å². The number of rotatable bonds is 4. The van der Waals surface area contributed by atoms with Crippen LogP contribution in [0, 0.1) is 0 Å². The zero-order chi connectivity index (χ0) is 14.9. The molecule has 2 aliphatic heterocycles. The third-order valence-corrected chi connectivity index (χ3v) is 3.74. The highest BCUT2D eigenvalue weighted by molar-refractivity contribution is 6.06. The highest BCUT2D eigenvalue weighted by atomic mass is 16.2. The molecule has 4 N–H and O–H groups in total. The zero-order valence-electron chi connectivity index (χ0n) is 11.8. The Bertz CT molecular complexity index is 437. The van der Waals surface area contributed by atoms with E-state index in [1.807, 2.05) is 4.90 Å². The number of carbonyl (C=O) groups is 3. The molecule has 0 aromatic rings. The Labute approximate surface area is 117 Å². The van der Waals surface area contributed by atoms with Gasteiger partial charge in [0.05, 0.1) is 0 Å². The van der Waals surface area contributed by atoms with E-state index in [1.165, 1.54) is 4.90 Å². The molecule has 0 bridgehead atoms. The third-order valence-electron chi connectivity index (χ3n) is 3.74. The van der Waals surface area contributed by atoms with Gasteiger partial charge in [-0.1, -0.05) is 0 Å². The molecule has 20 heavy (non-hydrogen) atoms. The van der Waals surface area contributed by atoms with E-state index in [2.05, 4.69) is 10.6 Å². The number of hydrogen-bond acceptors (Lipinski definition) is 5. The van der Waals surface area contributed by atoms with Crippen LogP contribution in [0.1, 0.15) is 13.8 Å². The molecule has 2 heterocycles. The Balaban J connectivity index is 1.96. The van der Waals surface area contributed by atoms with Gasteiger partial charge in [-0.15, -0.1) is 0 Å².